The van der Waals surface area contributed by atoms with Crippen molar-refractivity contribution in [1.82, 2.24) is 0 Å². The third-order valence-electron chi connectivity index (χ3n) is 10.0. The van der Waals surface area contributed by atoms with Gasteiger partial charge in [-0.25, -0.2) is 13.6 Å². The highest BCUT2D eigenvalue weighted by atomic mass is 19.1. The van der Waals surface area contributed by atoms with Crippen molar-refractivity contribution in [3.05, 3.63) is 120 Å². The molecule has 2 aliphatic heterocycles. The maximum absolute atomic E-state index is 13.9. The number of hydrogen-bond acceptors (Lipinski definition) is 14. The number of halogens is 2. The molecule has 0 saturated carbocycles. The summed E-state index contributed by atoms with van der Waals surface area (Å²) in [5.74, 6) is -6.19. The Morgan fingerprint density at radius 3 is 1.90 bits per heavy atom. The summed E-state index contributed by atoms with van der Waals surface area (Å²) in [5, 5.41) is 9.20. The van der Waals surface area contributed by atoms with Crippen molar-refractivity contribution in [3.63, 3.8) is 0 Å². The van der Waals surface area contributed by atoms with E-state index < -0.39 is 90.3 Å². The lowest BCUT2D eigenvalue weighted by molar-refractivity contribution is -0.300. The molecule has 61 heavy (non-hydrogen) atoms. The highest BCUT2D eigenvalue weighted by molar-refractivity contribution is 6.03. The molecule has 15 nitrogen and oxygen atoms in total. The van der Waals surface area contributed by atoms with Crippen LogP contribution in [0.3, 0.4) is 0 Å². The van der Waals surface area contributed by atoms with Crippen LogP contribution in [0, 0.1) is 17.6 Å². The lowest BCUT2D eigenvalue weighted by Gasteiger charge is -2.48. The molecule has 0 aliphatic carbocycles. The minimum absolute atomic E-state index is 0.128. The lowest BCUT2D eigenvalue weighted by Crippen LogP contribution is -2.64. The van der Waals surface area contributed by atoms with Crippen LogP contribution in [0.5, 0.6) is 5.75 Å². The van der Waals surface area contributed by atoms with Crippen LogP contribution in [0.25, 0.3) is 11.1 Å². The number of nitrogens with zero attached hydrogens (tertiary/aromatic N) is 1. The van der Waals surface area contributed by atoms with Gasteiger partial charge in [-0.15, -0.1) is 0 Å². The van der Waals surface area contributed by atoms with E-state index in [0.29, 0.717) is 28.8 Å². The highest BCUT2D eigenvalue weighted by Crippen LogP contribution is 2.47. The Hall–Kier alpha value is -6.72. The standard InChI is InChI=1S/C44H41F2NO14/c1-23(48)55-36(28-12-14-31(45)15-13-28)21-20-35-37(47(42(35)52)33-18-16-32(46)17-19-33)29-10-8-27(9-11-29)30-6-5-7-34(22-30)59-44-41(58-26(4)51)39(57-25(3)50)38(56-24(2)49)40(60-44)43(53)61-54/h5-19,22,35-41,44,54H,20-21H2,1-4H3/t35-,36+,37-,38-,39-,40-,41+,44+/m1/s1. The average Bonchev–Trinajstić information content (AvgIpc) is 3.21. The zero-order valence-electron chi connectivity index (χ0n) is 33.2. The first-order chi connectivity index (χ1) is 29.1. The quantitative estimate of drug-likeness (QED) is 0.0487. The lowest BCUT2D eigenvalue weighted by atomic mass is 9.78. The number of hydrogen-bond donors (Lipinski definition) is 1. The van der Waals surface area contributed by atoms with E-state index in [1.54, 1.807) is 23.1 Å². The van der Waals surface area contributed by atoms with Gasteiger partial charge in [-0.3, -0.25) is 28.9 Å². The third-order valence-corrected chi connectivity index (χ3v) is 10.0. The first kappa shape index (κ1) is 43.8. The Morgan fingerprint density at radius 2 is 1.31 bits per heavy atom. The van der Waals surface area contributed by atoms with E-state index in [1.807, 2.05) is 24.3 Å². The summed E-state index contributed by atoms with van der Waals surface area (Å²) in [6, 6.07) is 24.5. The van der Waals surface area contributed by atoms with Gasteiger partial charge in [-0.05, 0) is 83.6 Å². The number of rotatable bonds is 14. The number of carbonyl (C=O) groups excluding carboxylic acids is 6. The fourth-order valence-electron chi connectivity index (χ4n) is 7.47. The topological polar surface area (TPSA) is 190 Å². The largest absolute Gasteiger partial charge is 0.461 e. The zero-order chi connectivity index (χ0) is 44.0. The van der Waals surface area contributed by atoms with Gasteiger partial charge in [0.15, 0.2) is 12.2 Å². The Bertz CT molecular complexity index is 2250. The smallest absolute Gasteiger partial charge is 0.374 e. The maximum Gasteiger partial charge on any atom is 0.374 e. The summed E-state index contributed by atoms with van der Waals surface area (Å²) in [6.07, 6.45) is -8.68. The Balaban J connectivity index is 1.27. The predicted octanol–water partition coefficient (Wildman–Crippen LogP) is 6.34. The molecule has 0 radical (unpaired) electrons. The SMILES string of the molecule is CC(=O)O[C@H]1[C@H](OC(C)=O)[C@@H](Oc2cccc(-c3ccc([C@@H]4[C@@H](CC[C@H](OC(C)=O)c5ccc(F)cc5)C(=O)N4c4ccc(F)cc4)cc3)c2)O[C@@H](C(=O)OO)[C@@H]1OC(C)=O. The van der Waals surface area contributed by atoms with Crippen molar-refractivity contribution in [2.24, 2.45) is 5.92 Å². The van der Waals surface area contributed by atoms with Gasteiger partial charge in [-0.1, -0.05) is 48.5 Å². The van der Waals surface area contributed by atoms with Gasteiger partial charge in [0.2, 0.25) is 24.4 Å². The fraction of sp³-hybridized carbons (Fsp3) is 0.318. The van der Waals surface area contributed by atoms with E-state index in [0.717, 1.165) is 26.3 Å². The molecule has 0 unspecified atom stereocenters. The highest BCUT2D eigenvalue weighted by Gasteiger charge is 2.56. The number of anilines is 1. The van der Waals surface area contributed by atoms with Crippen molar-refractivity contribution in [2.45, 2.75) is 83.4 Å². The van der Waals surface area contributed by atoms with Crippen LogP contribution >= 0.6 is 0 Å². The fourth-order valence-corrected chi connectivity index (χ4v) is 7.47. The molecule has 2 heterocycles. The molecule has 2 aliphatic rings. The van der Waals surface area contributed by atoms with E-state index >= 15 is 0 Å². The second-order valence-electron chi connectivity index (χ2n) is 14.3. The summed E-state index contributed by atoms with van der Waals surface area (Å²) in [7, 11) is 0. The van der Waals surface area contributed by atoms with E-state index in [4.69, 9.17) is 28.4 Å². The molecule has 4 aromatic carbocycles. The van der Waals surface area contributed by atoms with E-state index in [-0.39, 0.29) is 18.1 Å². The van der Waals surface area contributed by atoms with Crippen LogP contribution in [0.1, 0.15) is 63.8 Å². The van der Waals surface area contributed by atoms with E-state index in [2.05, 4.69) is 4.89 Å². The normalized spacial score (nSPS) is 22.5. The number of carbonyl (C=O) groups is 6. The number of β-lactam (4-membered cyclic amide) rings is 1. The third kappa shape index (κ3) is 10.4. The van der Waals surface area contributed by atoms with E-state index in [1.165, 1.54) is 61.5 Å². The van der Waals surface area contributed by atoms with Crippen LogP contribution in [0.15, 0.2) is 97.1 Å². The molecule has 1 amide bonds. The molecule has 0 aromatic heterocycles. The number of esters is 4. The minimum Gasteiger partial charge on any atom is -0.461 e. The Morgan fingerprint density at radius 1 is 0.721 bits per heavy atom. The molecule has 0 bridgehead atoms. The van der Waals surface area contributed by atoms with Crippen LogP contribution in [0.2, 0.25) is 0 Å². The van der Waals surface area contributed by atoms with Crippen molar-refractivity contribution in [3.8, 4) is 16.9 Å². The number of benzene rings is 4. The van der Waals surface area contributed by atoms with Gasteiger partial charge in [-0.2, -0.15) is 5.26 Å². The Labute approximate surface area is 347 Å². The van der Waals surface area contributed by atoms with Crippen molar-refractivity contribution in [1.29, 1.82) is 0 Å². The number of ether oxygens (including phenoxy) is 6. The molecule has 6 rings (SSSR count). The van der Waals surface area contributed by atoms with Crippen molar-refractivity contribution < 1.29 is 76.1 Å². The molecular weight excluding hydrogens is 804 g/mol. The van der Waals surface area contributed by atoms with Crippen molar-refractivity contribution in [2.75, 3.05) is 4.90 Å². The zero-order valence-corrected chi connectivity index (χ0v) is 33.2. The molecule has 1 N–H and O–H groups in total. The second kappa shape index (κ2) is 19.1. The van der Waals surface area contributed by atoms with Gasteiger partial charge in [0.25, 0.3) is 0 Å². The van der Waals surface area contributed by atoms with Crippen LogP contribution in [-0.2, 0) is 57.3 Å². The van der Waals surface area contributed by atoms with Gasteiger partial charge in [0, 0.05) is 33.4 Å². The molecule has 320 valence electrons. The average molecular weight is 846 g/mol. The minimum atomic E-state index is -1.89. The second-order valence-corrected chi connectivity index (χ2v) is 14.3. The molecule has 17 heteroatoms. The first-order valence-electron chi connectivity index (χ1n) is 19.0. The number of amides is 1. The van der Waals surface area contributed by atoms with Gasteiger partial charge in [0.05, 0.1) is 12.0 Å². The van der Waals surface area contributed by atoms with Crippen LogP contribution < -0.4 is 9.64 Å². The van der Waals surface area contributed by atoms with Crippen molar-refractivity contribution >= 4 is 41.4 Å². The molecule has 2 saturated heterocycles. The summed E-state index contributed by atoms with van der Waals surface area (Å²) < 4.78 is 61.0. The molecule has 0 spiro atoms. The maximum atomic E-state index is 13.9. The summed E-state index contributed by atoms with van der Waals surface area (Å²) in [5.41, 5.74) is 3.11. The first-order valence-corrected chi connectivity index (χ1v) is 19.0. The summed E-state index contributed by atoms with van der Waals surface area (Å²) >= 11 is 0. The monoisotopic (exact) mass is 845 g/mol. The molecular formula is C44H41F2NO14. The van der Waals surface area contributed by atoms with Crippen LogP contribution in [0.4, 0.5) is 14.5 Å². The molecule has 8 atom stereocenters. The summed E-state index contributed by atoms with van der Waals surface area (Å²) in [4.78, 5) is 80.2. The Kier molecular flexibility index (Phi) is 13.7. The summed E-state index contributed by atoms with van der Waals surface area (Å²) in [6.45, 7) is 4.39. The van der Waals surface area contributed by atoms with E-state index in [9.17, 15) is 42.8 Å². The van der Waals surface area contributed by atoms with Crippen LogP contribution in [-0.4, -0.2) is 71.7 Å². The molecule has 4 aromatic rings. The van der Waals surface area contributed by atoms with Gasteiger partial charge < -0.3 is 33.3 Å². The van der Waals surface area contributed by atoms with Gasteiger partial charge >= 0.3 is 29.8 Å². The predicted molar refractivity (Wildman–Crippen MR) is 207 cm³/mol. The molecule has 2 fully saturated rings. The van der Waals surface area contributed by atoms with Gasteiger partial charge in [0.1, 0.15) is 23.5 Å².